The lowest BCUT2D eigenvalue weighted by molar-refractivity contribution is 0.103. The number of carbonyl (C=O) groups is 1. The van der Waals surface area contributed by atoms with Gasteiger partial charge >= 0.3 is 0 Å². The van der Waals surface area contributed by atoms with Crippen LogP contribution in [-0.4, -0.2) is 26.4 Å². The number of pyridine rings is 3. The molecule has 9 rings (SSSR count). The van der Waals surface area contributed by atoms with E-state index in [4.69, 9.17) is 19.9 Å². The molecule has 5 nitrogen and oxygen atoms in total. The van der Waals surface area contributed by atoms with Crippen LogP contribution in [0.4, 0.5) is 0 Å². The molecular weight excluding hydrogens is 769 g/mol. The second kappa shape index (κ2) is 18.5. The predicted octanol–water partition coefficient (Wildman–Crippen LogP) is 14.3. The van der Waals surface area contributed by atoms with Crippen molar-refractivity contribution in [1.82, 2.24) is 15.0 Å². The van der Waals surface area contributed by atoms with Crippen LogP contribution in [0.15, 0.2) is 237 Å². The number of allylic oxidation sites excluding steroid dienone is 2. The first-order valence-electron chi connectivity index (χ1n) is 20.8. The van der Waals surface area contributed by atoms with Gasteiger partial charge in [0.25, 0.3) is 0 Å². The Bertz CT molecular complexity index is 3050. The molecule has 63 heavy (non-hydrogen) atoms. The lowest BCUT2D eigenvalue weighted by Crippen LogP contribution is -2.05. The van der Waals surface area contributed by atoms with E-state index in [0.717, 1.165) is 89.6 Å². The van der Waals surface area contributed by atoms with Crippen molar-refractivity contribution < 1.29 is 4.79 Å². The number of aromatic nitrogens is 3. The molecule has 300 valence electrons. The van der Waals surface area contributed by atoms with Crippen LogP contribution in [0.3, 0.4) is 0 Å². The van der Waals surface area contributed by atoms with Crippen molar-refractivity contribution in [2.45, 2.75) is 6.92 Å². The Morgan fingerprint density at radius 2 is 0.794 bits per heavy atom. The molecule has 6 aromatic carbocycles. The second-order valence-electron chi connectivity index (χ2n) is 15.0. The normalized spacial score (nSPS) is 11.4. The van der Waals surface area contributed by atoms with Crippen molar-refractivity contribution in [2.75, 3.05) is 0 Å². The van der Waals surface area contributed by atoms with Gasteiger partial charge < -0.3 is 0 Å². The molecule has 0 bridgehead atoms. The summed E-state index contributed by atoms with van der Waals surface area (Å²) in [6.07, 6.45) is 10.7. The molecule has 0 N–H and O–H groups in total. The fourth-order valence-electron chi connectivity index (χ4n) is 8.08. The highest BCUT2D eigenvalue weighted by atomic mass is 16.1. The number of rotatable bonds is 12. The summed E-state index contributed by atoms with van der Waals surface area (Å²) in [6.45, 7) is 5.79. The molecule has 0 aliphatic carbocycles. The monoisotopic (exact) mass is 810 g/mol. The summed E-state index contributed by atoms with van der Waals surface area (Å²) >= 11 is 0. The summed E-state index contributed by atoms with van der Waals surface area (Å²) in [7, 11) is 0. The molecule has 0 aliphatic heterocycles. The number of hydrogen-bond donors (Lipinski definition) is 0. The molecule has 3 aromatic heterocycles. The zero-order valence-electron chi connectivity index (χ0n) is 34.8. The van der Waals surface area contributed by atoms with Gasteiger partial charge in [0.2, 0.25) is 0 Å². The standard InChI is InChI=1S/C58H42N4O/c1-3-4-30-59-40(2)47-19-5-6-20-48(47)41-34-42(49-21-7-10-24-52(49)55-27-13-16-31-60-55)37-45(36-41)58(63)46-38-43(50-22-8-11-25-53(50)56-28-14-17-32-61-56)35-44(39-46)51-23-9-12-26-54(51)57-29-15-18-33-62-57/h3-39H,1H2,2H3/b30-4-,59-40+. The van der Waals surface area contributed by atoms with Crippen LogP contribution < -0.4 is 0 Å². The van der Waals surface area contributed by atoms with Crippen LogP contribution in [0.2, 0.25) is 0 Å². The molecule has 0 spiro atoms. The summed E-state index contributed by atoms with van der Waals surface area (Å²) in [6, 6.07) is 63.1. The van der Waals surface area contributed by atoms with Gasteiger partial charge in [-0.15, -0.1) is 0 Å². The summed E-state index contributed by atoms with van der Waals surface area (Å²) in [5, 5.41) is 0. The van der Waals surface area contributed by atoms with Crippen molar-refractivity contribution >= 4 is 11.5 Å². The minimum atomic E-state index is -0.112. The van der Waals surface area contributed by atoms with E-state index < -0.39 is 0 Å². The summed E-state index contributed by atoms with van der Waals surface area (Å²) < 4.78 is 0. The summed E-state index contributed by atoms with van der Waals surface area (Å²) in [5.41, 5.74) is 15.8. The third kappa shape index (κ3) is 8.63. The second-order valence-corrected chi connectivity index (χ2v) is 15.0. The number of carbonyl (C=O) groups excluding carboxylic acids is 1. The fraction of sp³-hybridized carbons (Fsp3) is 0.0172. The van der Waals surface area contributed by atoms with E-state index in [1.807, 2.05) is 140 Å². The number of nitrogens with zero attached hydrogens (tertiary/aromatic N) is 4. The molecule has 9 aromatic rings. The average molecular weight is 811 g/mol. The van der Waals surface area contributed by atoms with Crippen LogP contribution in [-0.2, 0) is 0 Å². The lowest BCUT2D eigenvalue weighted by atomic mass is 9.86. The topological polar surface area (TPSA) is 68.1 Å². The molecule has 0 unspecified atom stereocenters. The van der Waals surface area contributed by atoms with E-state index in [9.17, 15) is 0 Å². The highest BCUT2D eigenvalue weighted by Gasteiger charge is 2.21. The minimum absolute atomic E-state index is 0.112. The van der Waals surface area contributed by atoms with Gasteiger partial charge in [-0.05, 0) is 130 Å². The Hall–Kier alpha value is -8.41. The van der Waals surface area contributed by atoms with E-state index in [2.05, 4.69) is 67.2 Å². The number of benzene rings is 6. The van der Waals surface area contributed by atoms with Crippen molar-refractivity contribution in [1.29, 1.82) is 0 Å². The third-order valence-corrected chi connectivity index (χ3v) is 11.0. The van der Waals surface area contributed by atoms with Gasteiger partial charge in [0.15, 0.2) is 5.78 Å². The van der Waals surface area contributed by atoms with Crippen LogP contribution in [0.5, 0.6) is 0 Å². The van der Waals surface area contributed by atoms with Crippen molar-refractivity contribution in [2.24, 2.45) is 4.99 Å². The molecule has 0 saturated carbocycles. The molecule has 5 heteroatoms. The molecule has 0 fully saturated rings. The molecule has 0 amide bonds. The van der Waals surface area contributed by atoms with Gasteiger partial charge in [-0.3, -0.25) is 24.7 Å². The number of hydrogen-bond acceptors (Lipinski definition) is 5. The zero-order valence-corrected chi connectivity index (χ0v) is 34.8. The minimum Gasteiger partial charge on any atom is -0.289 e. The van der Waals surface area contributed by atoms with Gasteiger partial charge in [-0.2, -0.15) is 0 Å². The molecule has 0 radical (unpaired) electrons. The van der Waals surface area contributed by atoms with Crippen LogP contribution in [0, 0.1) is 0 Å². The van der Waals surface area contributed by atoms with E-state index >= 15 is 4.79 Å². The molecular formula is C58H42N4O. The van der Waals surface area contributed by atoms with Gasteiger partial charge in [-0.25, -0.2) is 0 Å². The highest BCUT2D eigenvalue weighted by molar-refractivity contribution is 6.13. The molecule has 3 heterocycles. The number of aliphatic imine (C=N–C) groups is 1. The van der Waals surface area contributed by atoms with Crippen molar-refractivity contribution in [3.05, 3.63) is 248 Å². The van der Waals surface area contributed by atoms with Gasteiger partial charge in [0, 0.05) is 63.9 Å². The van der Waals surface area contributed by atoms with E-state index in [1.54, 1.807) is 30.9 Å². The smallest absolute Gasteiger partial charge is 0.193 e. The van der Waals surface area contributed by atoms with Gasteiger partial charge in [0.05, 0.1) is 17.1 Å². The summed E-state index contributed by atoms with van der Waals surface area (Å²) in [4.78, 5) is 34.5. The Balaban J connectivity index is 1.28. The Kier molecular flexibility index (Phi) is 11.7. The molecule has 0 atom stereocenters. The molecule has 0 aliphatic rings. The van der Waals surface area contributed by atoms with Crippen LogP contribution in [0.25, 0.3) is 78.3 Å². The Labute approximate surface area is 368 Å². The van der Waals surface area contributed by atoms with Crippen LogP contribution in [0.1, 0.15) is 28.4 Å². The SMILES string of the molecule is C=C/C=C\N=C(/C)c1ccccc1-c1cc(C(=O)c2cc(-c3ccccc3-c3ccccn3)cc(-c3ccccc3-c3ccccn3)c2)cc(-c2ccccc2-c2ccccn2)c1. The van der Waals surface area contributed by atoms with Crippen molar-refractivity contribution in [3.8, 4) is 78.3 Å². The van der Waals surface area contributed by atoms with Crippen LogP contribution >= 0.6 is 0 Å². The first-order chi connectivity index (χ1) is 31.1. The van der Waals surface area contributed by atoms with Gasteiger partial charge in [-0.1, -0.05) is 128 Å². The van der Waals surface area contributed by atoms with E-state index in [1.165, 1.54) is 0 Å². The van der Waals surface area contributed by atoms with Crippen molar-refractivity contribution in [3.63, 3.8) is 0 Å². The van der Waals surface area contributed by atoms with E-state index in [-0.39, 0.29) is 5.78 Å². The predicted molar refractivity (Wildman–Crippen MR) is 259 cm³/mol. The largest absolute Gasteiger partial charge is 0.289 e. The Morgan fingerprint density at radius 1 is 0.444 bits per heavy atom. The number of ketones is 1. The zero-order chi connectivity index (χ0) is 43.0. The average Bonchev–Trinajstić information content (AvgIpc) is 3.36. The first-order valence-corrected chi connectivity index (χ1v) is 20.8. The Morgan fingerprint density at radius 3 is 1.17 bits per heavy atom. The maximum absolute atomic E-state index is 15.6. The van der Waals surface area contributed by atoms with E-state index in [0.29, 0.717) is 11.1 Å². The highest BCUT2D eigenvalue weighted by Crippen LogP contribution is 2.40. The molecule has 0 saturated heterocycles. The third-order valence-electron chi connectivity index (χ3n) is 11.0. The fourth-order valence-corrected chi connectivity index (χ4v) is 8.08. The summed E-state index contributed by atoms with van der Waals surface area (Å²) in [5.74, 6) is -0.112. The lowest BCUT2D eigenvalue weighted by Gasteiger charge is -2.17. The maximum Gasteiger partial charge on any atom is 0.193 e. The van der Waals surface area contributed by atoms with Gasteiger partial charge in [0.1, 0.15) is 0 Å². The first kappa shape index (κ1) is 40.0. The maximum atomic E-state index is 15.6. The quantitative estimate of drug-likeness (QED) is 0.0700.